The van der Waals surface area contributed by atoms with Crippen LogP contribution in [-0.2, 0) is 30.7 Å². The van der Waals surface area contributed by atoms with Gasteiger partial charge in [-0.2, -0.15) is 0 Å². The molecule has 0 aliphatic carbocycles. The van der Waals surface area contributed by atoms with Crippen molar-refractivity contribution in [2.45, 2.75) is 64.5 Å². The summed E-state index contributed by atoms with van der Waals surface area (Å²) < 4.78 is 16.9. The van der Waals surface area contributed by atoms with E-state index >= 15 is 0 Å². The Hall–Kier alpha value is -4.14. The number of benzene rings is 2. The zero-order valence-electron chi connectivity index (χ0n) is 21.9. The molecule has 0 fully saturated rings. The van der Waals surface area contributed by atoms with E-state index in [0.29, 0.717) is 32.5 Å². The van der Waals surface area contributed by atoms with Gasteiger partial charge >= 0.3 is 5.97 Å². The van der Waals surface area contributed by atoms with Gasteiger partial charge in [-0.05, 0) is 78.1 Å². The first-order valence-electron chi connectivity index (χ1n) is 13.5. The van der Waals surface area contributed by atoms with Gasteiger partial charge in [0, 0.05) is 31.7 Å². The molecule has 2 aromatic carbocycles. The molecular formula is C30H30FN5O3. The first kappa shape index (κ1) is 25.2. The maximum Gasteiger partial charge on any atom is 0.304 e. The molecule has 9 bridgehead atoms. The average molecular weight is 528 g/mol. The molecule has 9 heteroatoms. The van der Waals surface area contributed by atoms with Gasteiger partial charge in [-0.1, -0.05) is 35.9 Å². The summed E-state index contributed by atoms with van der Waals surface area (Å²) in [6.45, 7) is 3.47. The van der Waals surface area contributed by atoms with Crippen molar-refractivity contribution in [3.05, 3.63) is 87.5 Å². The summed E-state index contributed by atoms with van der Waals surface area (Å²) in [7, 11) is 0. The van der Waals surface area contributed by atoms with E-state index in [1.807, 2.05) is 41.9 Å². The van der Waals surface area contributed by atoms with E-state index in [1.165, 1.54) is 6.07 Å². The molecular weight excluding hydrogens is 497 g/mol. The molecule has 200 valence electrons. The first-order valence-corrected chi connectivity index (χ1v) is 13.5. The van der Waals surface area contributed by atoms with Crippen LogP contribution in [0.15, 0.2) is 42.6 Å². The minimum Gasteiger partial charge on any atom is -0.481 e. The molecule has 8 nitrogen and oxygen atoms in total. The third-order valence-electron chi connectivity index (χ3n) is 8.10. The summed E-state index contributed by atoms with van der Waals surface area (Å²) in [5.41, 5.74) is 7.07. The third-order valence-corrected chi connectivity index (χ3v) is 8.10. The van der Waals surface area contributed by atoms with E-state index in [-0.39, 0.29) is 12.1 Å². The molecule has 0 saturated heterocycles. The number of hydrogen-bond acceptors (Lipinski definition) is 5. The topological polar surface area (TPSA) is 101 Å². The summed E-state index contributed by atoms with van der Waals surface area (Å²) in [6.07, 6.45) is 5.53. The smallest absolute Gasteiger partial charge is 0.304 e. The normalized spacial score (nSPS) is 17.7. The van der Waals surface area contributed by atoms with Gasteiger partial charge in [0.25, 0.3) is 5.91 Å². The minimum absolute atomic E-state index is 0.0800. The lowest BCUT2D eigenvalue weighted by atomic mass is 9.83. The highest BCUT2D eigenvalue weighted by Crippen LogP contribution is 2.35. The third kappa shape index (κ3) is 4.77. The molecule has 5 aliphatic rings. The number of rotatable bonds is 2. The predicted octanol–water partition coefficient (Wildman–Crippen LogP) is 4.81. The Balaban J connectivity index is 1.45. The maximum atomic E-state index is 15.0. The highest BCUT2D eigenvalue weighted by molar-refractivity contribution is 5.92. The number of pyridine rings is 1. The summed E-state index contributed by atoms with van der Waals surface area (Å²) in [5, 5.41) is 18.7. The van der Waals surface area contributed by atoms with Crippen LogP contribution in [0.5, 0.6) is 0 Å². The highest BCUT2D eigenvalue weighted by Gasteiger charge is 2.28. The summed E-state index contributed by atoms with van der Waals surface area (Å²) in [5.74, 6) is -2.30. The predicted molar refractivity (Wildman–Crippen MR) is 143 cm³/mol. The van der Waals surface area contributed by atoms with E-state index < -0.39 is 23.6 Å². The number of carboxylic acid groups (broad SMARTS) is 1. The Morgan fingerprint density at radius 1 is 1.08 bits per heavy atom. The lowest BCUT2D eigenvalue weighted by Crippen LogP contribution is -2.37. The van der Waals surface area contributed by atoms with E-state index in [0.717, 1.165) is 63.7 Å². The molecule has 1 atom stereocenters. The standard InChI is InChI=1S/C30H30FN5O3/c1-18-23-8-9-26-28(18)33-34-36(26)11-4-2-3-5-19-13-25(31)29(32-16-19)30(39)35-12-10-20-6-7-21(14-22(20)17-35)24(23)15-27(37)38/h6-9,13-14,16,24H,2-5,10-12,15,17H2,1H3,(H,37,38). The molecule has 0 radical (unpaired) electrons. The monoisotopic (exact) mass is 527 g/mol. The fraction of sp³-hybridized carbons (Fsp3) is 0.367. The van der Waals surface area contributed by atoms with Crippen molar-refractivity contribution in [3.8, 4) is 0 Å². The lowest BCUT2D eigenvalue weighted by molar-refractivity contribution is -0.137. The maximum absolute atomic E-state index is 15.0. The molecule has 2 aromatic heterocycles. The summed E-state index contributed by atoms with van der Waals surface area (Å²) in [4.78, 5) is 31.1. The largest absolute Gasteiger partial charge is 0.481 e. The van der Waals surface area contributed by atoms with Crippen molar-refractivity contribution in [2.24, 2.45) is 0 Å². The number of aromatic nitrogens is 4. The highest BCUT2D eigenvalue weighted by atomic mass is 19.1. The van der Waals surface area contributed by atoms with Gasteiger partial charge in [-0.3, -0.25) is 9.59 Å². The zero-order valence-corrected chi connectivity index (χ0v) is 21.9. The molecule has 1 amide bonds. The van der Waals surface area contributed by atoms with Crippen LogP contribution < -0.4 is 0 Å². The van der Waals surface area contributed by atoms with Crippen molar-refractivity contribution < 1.29 is 19.1 Å². The van der Waals surface area contributed by atoms with Crippen molar-refractivity contribution in [1.29, 1.82) is 0 Å². The Bertz CT molecular complexity index is 1600. The van der Waals surface area contributed by atoms with E-state index in [4.69, 9.17) is 0 Å². The van der Waals surface area contributed by atoms with Crippen LogP contribution in [0.4, 0.5) is 4.39 Å². The fourth-order valence-electron chi connectivity index (χ4n) is 5.96. The second-order valence-corrected chi connectivity index (χ2v) is 10.6. The molecule has 5 aliphatic heterocycles. The number of carbonyl (C=O) groups excluding carboxylic acids is 1. The number of aliphatic carboxylic acids is 1. The molecule has 0 saturated carbocycles. The second kappa shape index (κ2) is 10.2. The number of carbonyl (C=O) groups is 2. The van der Waals surface area contributed by atoms with Gasteiger partial charge in [0.2, 0.25) is 0 Å². The first-order chi connectivity index (χ1) is 18.9. The van der Waals surface area contributed by atoms with Crippen molar-refractivity contribution in [1.82, 2.24) is 24.9 Å². The fourth-order valence-corrected chi connectivity index (χ4v) is 5.96. The average Bonchev–Trinajstić information content (AvgIpc) is 3.34. The van der Waals surface area contributed by atoms with Crippen molar-refractivity contribution >= 4 is 22.9 Å². The SMILES string of the molecule is Cc1c2ccc3c1nnn3CCCCCc1cnc(c(F)c1)C(=O)N1CCc3ccc(cc3C1)C2CC(=O)O. The molecule has 9 rings (SSSR count). The molecule has 1 unspecified atom stereocenters. The summed E-state index contributed by atoms with van der Waals surface area (Å²) in [6, 6.07) is 11.4. The Labute approximate surface area is 225 Å². The van der Waals surface area contributed by atoms with E-state index in [2.05, 4.69) is 15.3 Å². The van der Waals surface area contributed by atoms with Crippen LogP contribution >= 0.6 is 0 Å². The van der Waals surface area contributed by atoms with Crippen LogP contribution in [0.3, 0.4) is 0 Å². The Kier molecular flexibility index (Phi) is 6.58. The number of halogens is 1. The van der Waals surface area contributed by atoms with Gasteiger partial charge in [0.05, 0.1) is 11.9 Å². The Morgan fingerprint density at radius 3 is 2.77 bits per heavy atom. The Morgan fingerprint density at radius 2 is 1.95 bits per heavy atom. The van der Waals surface area contributed by atoms with Gasteiger partial charge in [-0.25, -0.2) is 14.1 Å². The molecule has 0 spiro atoms. The van der Waals surface area contributed by atoms with Crippen LogP contribution in [0, 0.1) is 12.7 Å². The van der Waals surface area contributed by atoms with Gasteiger partial charge in [0.1, 0.15) is 5.52 Å². The van der Waals surface area contributed by atoms with Gasteiger partial charge < -0.3 is 10.0 Å². The van der Waals surface area contributed by atoms with Crippen molar-refractivity contribution in [2.75, 3.05) is 6.54 Å². The number of nitrogens with zero attached hydrogens (tertiary/aromatic N) is 5. The minimum atomic E-state index is -0.895. The lowest BCUT2D eigenvalue weighted by Gasteiger charge is -2.30. The number of amides is 1. The number of hydrogen-bond donors (Lipinski definition) is 1. The molecule has 4 aromatic rings. The molecule has 39 heavy (non-hydrogen) atoms. The van der Waals surface area contributed by atoms with E-state index in [1.54, 1.807) is 11.1 Å². The molecule has 1 N–H and O–H groups in total. The van der Waals surface area contributed by atoms with Crippen LogP contribution in [0.25, 0.3) is 11.0 Å². The van der Waals surface area contributed by atoms with Crippen LogP contribution in [0.1, 0.15) is 75.5 Å². The molecule has 7 heterocycles. The summed E-state index contributed by atoms with van der Waals surface area (Å²) >= 11 is 0. The van der Waals surface area contributed by atoms with E-state index in [9.17, 15) is 19.1 Å². The second-order valence-electron chi connectivity index (χ2n) is 10.6. The number of aryl methyl sites for hydroxylation is 3. The van der Waals surface area contributed by atoms with Crippen LogP contribution in [-0.4, -0.2) is 48.4 Å². The van der Waals surface area contributed by atoms with Gasteiger partial charge in [0.15, 0.2) is 11.5 Å². The zero-order chi connectivity index (χ0) is 27.1. The van der Waals surface area contributed by atoms with Crippen LogP contribution in [0.2, 0.25) is 0 Å². The number of carboxylic acids is 1. The quantitative estimate of drug-likeness (QED) is 0.402. The van der Waals surface area contributed by atoms with Gasteiger partial charge in [-0.15, -0.1) is 5.10 Å². The van der Waals surface area contributed by atoms with Crippen molar-refractivity contribution in [3.63, 3.8) is 0 Å².